The number of aryl methyl sites for hydroxylation is 1. The van der Waals surface area contributed by atoms with Gasteiger partial charge in [-0.3, -0.25) is 9.69 Å². The van der Waals surface area contributed by atoms with Gasteiger partial charge in [0, 0.05) is 54.8 Å². The largest absolute Gasteiger partial charge is 0.494 e. The third kappa shape index (κ3) is 4.78. The smallest absolute Gasteiger partial charge is 0.137 e. The number of thiophene rings is 1. The molecule has 2 aliphatic rings. The molecule has 1 aromatic heterocycles. The SMILES string of the molecule is O=C1CCc2ccc(OCCCCN3CCN(c4cccc5sccc45)CC3)cc2C1. The molecule has 0 saturated carbocycles. The number of ketones is 1. The molecule has 1 aliphatic carbocycles. The number of carbonyl (C=O) groups is 1. The molecule has 5 rings (SSSR count). The molecule has 0 N–H and O–H groups in total. The van der Waals surface area contributed by atoms with Crippen molar-refractivity contribution in [2.45, 2.75) is 32.1 Å². The number of Topliss-reactive ketones (excluding diaryl/α,β-unsaturated/α-hetero) is 1. The Balaban J connectivity index is 1.03. The summed E-state index contributed by atoms with van der Waals surface area (Å²) < 4.78 is 7.35. The van der Waals surface area contributed by atoms with Gasteiger partial charge < -0.3 is 9.64 Å². The molecule has 31 heavy (non-hydrogen) atoms. The van der Waals surface area contributed by atoms with Gasteiger partial charge in [0.2, 0.25) is 0 Å². The molecule has 0 radical (unpaired) electrons. The van der Waals surface area contributed by atoms with Crippen LogP contribution < -0.4 is 9.64 Å². The lowest BCUT2D eigenvalue weighted by atomic mass is 9.91. The molecule has 0 amide bonds. The molecule has 0 atom stereocenters. The maximum atomic E-state index is 11.7. The highest BCUT2D eigenvalue weighted by Crippen LogP contribution is 2.31. The fraction of sp³-hybridized carbons (Fsp3) is 0.423. The van der Waals surface area contributed by atoms with Crippen LogP contribution in [0.3, 0.4) is 0 Å². The molecule has 2 aromatic carbocycles. The molecule has 0 unspecified atom stereocenters. The first-order valence-corrected chi connectivity index (χ1v) is 12.3. The summed E-state index contributed by atoms with van der Waals surface area (Å²) in [6, 6.07) is 15.2. The lowest BCUT2D eigenvalue weighted by Crippen LogP contribution is -2.46. The zero-order valence-electron chi connectivity index (χ0n) is 18.0. The highest BCUT2D eigenvalue weighted by molar-refractivity contribution is 7.17. The normalized spacial score (nSPS) is 17.2. The van der Waals surface area contributed by atoms with Crippen molar-refractivity contribution in [1.82, 2.24) is 4.90 Å². The molecule has 0 bridgehead atoms. The molecular weight excluding hydrogens is 404 g/mol. The maximum absolute atomic E-state index is 11.7. The predicted molar refractivity (Wildman–Crippen MR) is 129 cm³/mol. The average molecular weight is 435 g/mol. The summed E-state index contributed by atoms with van der Waals surface area (Å²) >= 11 is 1.82. The highest BCUT2D eigenvalue weighted by Gasteiger charge is 2.19. The van der Waals surface area contributed by atoms with E-state index >= 15 is 0 Å². The molecule has 1 aliphatic heterocycles. The van der Waals surface area contributed by atoms with Gasteiger partial charge in [0.25, 0.3) is 0 Å². The van der Waals surface area contributed by atoms with Crippen LogP contribution in [0.25, 0.3) is 10.1 Å². The Hall–Kier alpha value is -2.37. The highest BCUT2D eigenvalue weighted by atomic mass is 32.1. The van der Waals surface area contributed by atoms with Crippen molar-refractivity contribution in [3.63, 3.8) is 0 Å². The van der Waals surface area contributed by atoms with Crippen molar-refractivity contribution >= 4 is 32.9 Å². The topological polar surface area (TPSA) is 32.8 Å². The fourth-order valence-electron chi connectivity index (χ4n) is 4.77. The minimum atomic E-state index is 0.344. The molecule has 1 fully saturated rings. The van der Waals surface area contributed by atoms with E-state index < -0.39 is 0 Å². The van der Waals surface area contributed by atoms with Crippen LogP contribution in [0.4, 0.5) is 5.69 Å². The summed E-state index contributed by atoms with van der Waals surface area (Å²) in [4.78, 5) is 16.8. The number of carbonyl (C=O) groups excluding carboxylic acids is 1. The molecule has 3 aromatic rings. The zero-order valence-corrected chi connectivity index (χ0v) is 18.8. The summed E-state index contributed by atoms with van der Waals surface area (Å²) in [5.74, 6) is 1.25. The summed E-state index contributed by atoms with van der Waals surface area (Å²) in [6.45, 7) is 6.32. The molecule has 5 heteroatoms. The molecule has 1 saturated heterocycles. The van der Waals surface area contributed by atoms with Crippen LogP contribution in [0.5, 0.6) is 5.75 Å². The number of ether oxygens (including phenoxy) is 1. The Kier molecular flexibility index (Phi) is 6.23. The summed E-state index contributed by atoms with van der Waals surface area (Å²) in [5, 5.41) is 3.58. The summed E-state index contributed by atoms with van der Waals surface area (Å²) in [7, 11) is 0. The lowest BCUT2D eigenvalue weighted by Gasteiger charge is -2.36. The van der Waals surface area contributed by atoms with Gasteiger partial charge >= 0.3 is 0 Å². The molecule has 162 valence electrons. The summed E-state index contributed by atoms with van der Waals surface area (Å²) in [5.41, 5.74) is 3.85. The van der Waals surface area contributed by atoms with E-state index in [2.05, 4.69) is 57.6 Å². The quantitative estimate of drug-likeness (QED) is 0.493. The first-order valence-electron chi connectivity index (χ1n) is 11.5. The minimum Gasteiger partial charge on any atom is -0.494 e. The van der Waals surface area contributed by atoms with Crippen LogP contribution in [-0.2, 0) is 17.6 Å². The Bertz CT molecular complexity index is 1050. The molecular formula is C26H30N2O2S. The van der Waals surface area contributed by atoms with E-state index in [1.807, 2.05) is 11.3 Å². The second kappa shape index (κ2) is 9.41. The standard InChI is InChI=1S/C26H30N2O2S/c29-22-8-6-20-7-9-23(19-21(20)18-22)30-16-2-1-11-27-12-14-28(15-13-27)25-4-3-5-26-24(25)10-17-31-26/h3-5,7,9-10,17,19H,1-2,6,8,11-16,18H2. The van der Waals surface area contributed by atoms with Gasteiger partial charge in [0.05, 0.1) is 6.61 Å². The fourth-order valence-corrected chi connectivity index (χ4v) is 5.58. The van der Waals surface area contributed by atoms with E-state index in [9.17, 15) is 4.79 Å². The number of unbranched alkanes of at least 4 members (excludes halogenated alkanes) is 1. The van der Waals surface area contributed by atoms with Crippen molar-refractivity contribution in [2.24, 2.45) is 0 Å². The monoisotopic (exact) mass is 434 g/mol. The van der Waals surface area contributed by atoms with Gasteiger partial charge in [0.15, 0.2) is 0 Å². The lowest BCUT2D eigenvalue weighted by molar-refractivity contribution is -0.118. The van der Waals surface area contributed by atoms with Crippen LogP contribution >= 0.6 is 11.3 Å². The molecule has 0 spiro atoms. The summed E-state index contributed by atoms with van der Waals surface area (Å²) in [6.07, 6.45) is 4.35. The number of hydrogen-bond acceptors (Lipinski definition) is 5. The van der Waals surface area contributed by atoms with E-state index in [0.29, 0.717) is 18.6 Å². The van der Waals surface area contributed by atoms with Crippen LogP contribution in [-0.4, -0.2) is 50.0 Å². The van der Waals surface area contributed by atoms with E-state index in [4.69, 9.17) is 4.74 Å². The van der Waals surface area contributed by atoms with Crippen molar-refractivity contribution in [1.29, 1.82) is 0 Å². The van der Waals surface area contributed by atoms with Crippen molar-refractivity contribution in [2.75, 3.05) is 44.2 Å². The third-order valence-electron chi connectivity index (χ3n) is 6.56. The number of nitrogens with zero attached hydrogens (tertiary/aromatic N) is 2. The second-order valence-corrected chi connectivity index (χ2v) is 9.59. The van der Waals surface area contributed by atoms with Gasteiger partial charge in [0.1, 0.15) is 11.5 Å². The van der Waals surface area contributed by atoms with E-state index in [1.165, 1.54) is 21.3 Å². The number of hydrogen-bond donors (Lipinski definition) is 0. The van der Waals surface area contributed by atoms with Gasteiger partial charge in [-0.1, -0.05) is 12.1 Å². The Morgan fingerprint density at radius 3 is 2.74 bits per heavy atom. The number of anilines is 1. The number of fused-ring (bicyclic) bond motifs is 2. The average Bonchev–Trinajstić information content (AvgIpc) is 3.28. The minimum absolute atomic E-state index is 0.344. The van der Waals surface area contributed by atoms with E-state index in [0.717, 1.165) is 69.9 Å². The number of piperazine rings is 1. The van der Waals surface area contributed by atoms with Crippen LogP contribution in [0.2, 0.25) is 0 Å². The van der Waals surface area contributed by atoms with Gasteiger partial charge in [-0.05, 0) is 72.6 Å². The van der Waals surface area contributed by atoms with E-state index in [1.54, 1.807) is 0 Å². The van der Waals surface area contributed by atoms with Crippen molar-refractivity contribution in [3.8, 4) is 5.75 Å². The third-order valence-corrected chi connectivity index (χ3v) is 7.44. The first kappa shape index (κ1) is 20.5. The first-order chi connectivity index (χ1) is 15.3. The van der Waals surface area contributed by atoms with Crippen LogP contribution in [0.1, 0.15) is 30.4 Å². The number of benzene rings is 2. The molecule has 2 heterocycles. The van der Waals surface area contributed by atoms with E-state index in [-0.39, 0.29) is 0 Å². The maximum Gasteiger partial charge on any atom is 0.137 e. The van der Waals surface area contributed by atoms with Crippen molar-refractivity contribution < 1.29 is 9.53 Å². The Morgan fingerprint density at radius 1 is 0.935 bits per heavy atom. The van der Waals surface area contributed by atoms with Crippen LogP contribution in [0.15, 0.2) is 47.8 Å². The zero-order chi connectivity index (χ0) is 21.0. The number of rotatable bonds is 7. The Labute approximate surface area is 188 Å². The predicted octanol–water partition coefficient (Wildman–Crippen LogP) is 4.94. The van der Waals surface area contributed by atoms with Gasteiger partial charge in [-0.15, -0.1) is 11.3 Å². The second-order valence-electron chi connectivity index (χ2n) is 8.64. The van der Waals surface area contributed by atoms with Crippen molar-refractivity contribution in [3.05, 3.63) is 59.0 Å². The van der Waals surface area contributed by atoms with Gasteiger partial charge in [-0.2, -0.15) is 0 Å². The van der Waals surface area contributed by atoms with Crippen LogP contribution in [0, 0.1) is 0 Å². The Morgan fingerprint density at radius 2 is 1.84 bits per heavy atom. The molecule has 4 nitrogen and oxygen atoms in total. The van der Waals surface area contributed by atoms with Gasteiger partial charge in [-0.25, -0.2) is 0 Å².